The molecule has 4 N–H and O–H groups in total. The Labute approximate surface area is 134 Å². The SMILES string of the molecule is Nc1nc(-c2ccccc2)ncc1C(=O)NC1CCN(O)CC1. The van der Waals surface area contributed by atoms with Gasteiger partial charge in [-0.15, -0.1) is 0 Å². The molecule has 1 aliphatic heterocycles. The zero-order valence-corrected chi connectivity index (χ0v) is 12.6. The number of nitrogens with zero attached hydrogens (tertiary/aromatic N) is 3. The summed E-state index contributed by atoms with van der Waals surface area (Å²) in [6.45, 7) is 1.09. The first-order chi connectivity index (χ1) is 11.1. The van der Waals surface area contributed by atoms with Crippen molar-refractivity contribution in [2.75, 3.05) is 18.8 Å². The van der Waals surface area contributed by atoms with Crippen LogP contribution in [0.2, 0.25) is 0 Å². The number of carbonyl (C=O) groups excluding carboxylic acids is 1. The van der Waals surface area contributed by atoms with Gasteiger partial charge in [-0.2, -0.15) is 5.06 Å². The van der Waals surface area contributed by atoms with Gasteiger partial charge in [0.2, 0.25) is 0 Å². The van der Waals surface area contributed by atoms with Crippen LogP contribution in [-0.2, 0) is 0 Å². The van der Waals surface area contributed by atoms with E-state index in [2.05, 4.69) is 15.3 Å². The summed E-state index contributed by atoms with van der Waals surface area (Å²) in [4.78, 5) is 20.8. The Hall–Kier alpha value is -2.51. The van der Waals surface area contributed by atoms with Crippen molar-refractivity contribution < 1.29 is 10.0 Å². The predicted molar refractivity (Wildman–Crippen MR) is 85.7 cm³/mol. The summed E-state index contributed by atoms with van der Waals surface area (Å²) >= 11 is 0. The van der Waals surface area contributed by atoms with Crippen LogP contribution < -0.4 is 11.1 Å². The van der Waals surface area contributed by atoms with E-state index in [9.17, 15) is 10.0 Å². The molecule has 0 saturated carbocycles. The second-order valence-corrected chi connectivity index (χ2v) is 5.56. The van der Waals surface area contributed by atoms with Gasteiger partial charge in [0.1, 0.15) is 5.82 Å². The fraction of sp³-hybridized carbons (Fsp3) is 0.312. The Morgan fingerprint density at radius 2 is 1.96 bits per heavy atom. The fourth-order valence-corrected chi connectivity index (χ4v) is 2.57. The van der Waals surface area contributed by atoms with Crippen LogP contribution in [-0.4, -0.2) is 45.3 Å². The summed E-state index contributed by atoms with van der Waals surface area (Å²) in [6.07, 6.45) is 2.86. The number of hydroxylamine groups is 2. The highest BCUT2D eigenvalue weighted by Gasteiger charge is 2.21. The highest BCUT2D eigenvalue weighted by atomic mass is 16.5. The van der Waals surface area contributed by atoms with Crippen LogP contribution in [0.25, 0.3) is 11.4 Å². The average Bonchev–Trinajstić information content (AvgIpc) is 2.57. The molecule has 0 spiro atoms. The number of piperidine rings is 1. The molecule has 0 radical (unpaired) electrons. The van der Waals surface area contributed by atoms with Gasteiger partial charge < -0.3 is 16.3 Å². The summed E-state index contributed by atoms with van der Waals surface area (Å²) in [5.74, 6) is 0.377. The molecule has 3 rings (SSSR count). The summed E-state index contributed by atoms with van der Waals surface area (Å²) in [5, 5.41) is 13.5. The number of hydrogen-bond donors (Lipinski definition) is 3. The van der Waals surface area contributed by atoms with Crippen LogP contribution in [0, 0.1) is 0 Å². The van der Waals surface area contributed by atoms with Crippen LogP contribution >= 0.6 is 0 Å². The number of hydrogen-bond acceptors (Lipinski definition) is 6. The minimum Gasteiger partial charge on any atom is -0.383 e. The van der Waals surface area contributed by atoms with E-state index in [0.29, 0.717) is 31.8 Å². The van der Waals surface area contributed by atoms with Gasteiger partial charge in [0.25, 0.3) is 5.91 Å². The van der Waals surface area contributed by atoms with Crippen molar-refractivity contribution in [3.8, 4) is 11.4 Å². The first kappa shape index (κ1) is 15.4. The molecule has 1 amide bonds. The van der Waals surface area contributed by atoms with E-state index in [1.165, 1.54) is 11.3 Å². The molecule has 7 heteroatoms. The zero-order valence-electron chi connectivity index (χ0n) is 12.6. The van der Waals surface area contributed by atoms with Crippen LogP contribution in [0.5, 0.6) is 0 Å². The van der Waals surface area contributed by atoms with Crippen LogP contribution in [0.1, 0.15) is 23.2 Å². The molecule has 2 heterocycles. The maximum absolute atomic E-state index is 12.3. The molecule has 1 fully saturated rings. The lowest BCUT2D eigenvalue weighted by molar-refractivity contribution is -0.107. The predicted octanol–water partition coefficient (Wildman–Crippen LogP) is 1.31. The summed E-state index contributed by atoms with van der Waals surface area (Å²) < 4.78 is 0. The molecular weight excluding hydrogens is 294 g/mol. The monoisotopic (exact) mass is 313 g/mol. The van der Waals surface area contributed by atoms with Crippen LogP contribution in [0.4, 0.5) is 5.82 Å². The first-order valence-electron chi connectivity index (χ1n) is 7.56. The standard InChI is InChI=1S/C16H19N5O2/c17-14-13(16(22)19-12-6-8-21(23)9-7-12)10-18-15(20-14)11-4-2-1-3-5-11/h1-5,10,12,23H,6-9H2,(H,19,22)(H2,17,18,20). The number of carbonyl (C=O) groups is 1. The summed E-state index contributed by atoms with van der Waals surface area (Å²) in [5.41, 5.74) is 7.05. The highest BCUT2D eigenvalue weighted by Crippen LogP contribution is 2.17. The molecule has 1 saturated heterocycles. The Morgan fingerprint density at radius 1 is 1.26 bits per heavy atom. The van der Waals surface area contributed by atoms with Crippen molar-refractivity contribution in [3.05, 3.63) is 42.1 Å². The number of amides is 1. The second-order valence-electron chi connectivity index (χ2n) is 5.56. The van der Waals surface area contributed by atoms with Gasteiger partial charge in [-0.1, -0.05) is 30.3 Å². The minimum atomic E-state index is -0.279. The summed E-state index contributed by atoms with van der Waals surface area (Å²) in [7, 11) is 0. The van der Waals surface area contributed by atoms with Gasteiger partial charge in [-0.25, -0.2) is 9.97 Å². The lowest BCUT2D eigenvalue weighted by atomic mass is 10.1. The van der Waals surface area contributed by atoms with E-state index in [-0.39, 0.29) is 23.3 Å². The molecule has 0 aliphatic carbocycles. The van der Waals surface area contributed by atoms with Crippen molar-refractivity contribution >= 4 is 11.7 Å². The first-order valence-corrected chi connectivity index (χ1v) is 7.56. The fourth-order valence-electron chi connectivity index (χ4n) is 2.57. The molecular formula is C16H19N5O2. The number of nitrogens with one attached hydrogen (secondary N) is 1. The molecule has 2 aromatic rings. The Bertz CT molecular complexity index is 684. The Balaban J connectivity index is 1.72. The van der Waals surface area contributed by atoms with Crippen molar-refractivity contribution in [3.63, 3.8) is 0 Å². The lowest BCUT2D eigenvalue weighted by Gasteiger charge is -2.28. The molecule has 1 aromatic heterocycles. The third kappa shape index (κ3) is 3.64. The zero-order chi connectivity index (χ0) is 16.2. The van der Waals surface area contributed by atoms with Crippen LogP contribution in [0.15, 0.2) is 36.5 Å². The lowest BCUT2D eigenvalue weighted by Crippen LogP contribution is -2.43. The number of anilines is 1. The van der Waals surface area contributed by atoms with Crippen LogP contribution in [0.3, 0.4) is 0 Å². The van der Waals surface area contributed by atoms with E-state index < -0.39 is 0 Å². The molecule has 1 aromatic carbocycles. The number of aromatic nitrogens is 2. The molecule has 1 aliphatic rings. The van der Waals surface area contributed by atoms with Gasteiger partial charge in [0, 0.05) is 30.9 Å². The topological polar surface area (TPSA) is 104 Å². The van der Waals surface area contributed by atoms with Crippen molar-refractivity contribution in [2.24, 2.45) is 0 Å². The normalized spacial score (nSPS) is 16.2. The third-order valence-electron chi connectivity index (χ3n) is 3.90. The number of nitrogens with two attached hydrogens (primary N) is 1. The second kappa shape index (κ2) is 6.72. The van der Waals surface area contributed by atoms with Crippen molar-refractivity contribution in [1.82, 2.24) is 20.3 Å². The smallest absolute Gasteiger partial charge is 0.256 e. The van der Waals surface area contributed by atoms with Gasteiger partial charge in [0.15, 0.2) is 5.82 Å². The Morgan fingerprint density at radius 3 is 2.61 bits per heavy atom. The van der Waals surface area contributed by atoms with E-state index in [0.717, 1.165) is 5.56 Å². The molecule has 0 bridgehead atoms. The van der Waals surface area contributed by atoms with Gasteiger partial charge in [-0.3, -0.25) is 4.79 Å². The van der Waals surface area contributed by atoms with E-state index >= 15 is 0 Å². The summed E-state index contributed by atoms with van der Waals surface area (Å²) in [6, 6.07) is 9.49. The number of nitrogen functional groups attached to an aromatic ring is 1. The van der Waals surface area contributed by atoms with E-state index in [1.807, 2.05) is 30.3 Å². The maximum Gasteiger partial charge on any atom is 0.256 e. The highest BCUT2D eigenvalue weighted by molar-refractivity contribution is 5.98. The largest absolute Gasteiger partial charge is 0.383 e. The molecule has 0 unspecified atom stereocenters. The minimum absolute atomic E-state index is 0.0269. The van der Waals surface area contributed by atoms with E-state index in [4.69, 9.17) is 5.73 Å². The third-order valence-corrected chi connectivity index (χ3v) is 3.90. The van der Waals surface area contributed by atoms with Gasteiger partial charge in [-0.05, 0) is 12.8 Å². The van der Waals surface area contributed by atoms with Gasteiger partial charge >= 0.3 is 0 Å². The maximum atomic E-state index is 12.3. The molecule has 23 heavy (non-hydrogen) atoms. The molecule has 7 nitrogen and oxygen atoms in total. The van der Waals surface area contributed by atoms with E-state index in [1.54, 1.807) is 0 Å². The average molecular weight is 313 g/mol. The quantitative estimate of drug-likeness (QED) is 0.789. The Kier molecular flexibility index (Phi) is 4.50. The molecule has 120 valence electrons. The number of benzene rings is 1. The molecule has 0 atom stereocenters. The van der Waals surface area contributed by atoms with Gasteiger partial charge in [0.05, 0.1) is 5.56 Å². The van der Waals surface area contributed by atoms with Crippen molar-refractivity contribution in [1.29, 1.82) is 0 Å². The number of rotatable bonds is 3. The van der Waals surface area contributed by atoms with Crippen molar-refractivity contribution in [2.45, 2.75) is 18.9 Å².